The van der Waals surface area contributed by atoms with Crippen molar-refractivity contribution in [3.63, 3.8) is 0 Å². The number of thiophene rings is 1. The van der Waals surface area contributed by atoms with Crippen molar-refractivity contribution in [2.45, 2.75) is 19.4 Å². The molecule has 0 saturated heterocycles. The highest BCUT2D eigenvalue weighted by molar-refractivity contribution is 7.10. The molecule has 18 heavy (non-hydrogen) atoms. The summed E-state index contributed by atoms with van der Waals surface area (Å²) < 4.78 is 5.30. The molecule has 1 heterocycles. The third kappa shape index (κ3) is 2.57. The van der Waals surface area contributed by atoms with Gasteiger partial charge in [0.15, 0.2) is 0 Å². The summed E-state index contributed by atoms with van der Waals surface area (Å²) in [5, 5.41) is 5.57. The van der Waals surface area contributed by atoms with Gasteiger partial charge in [-0.25, -0.2) is 0 Å². The fraction of sp³-hybridized carbons (Fsp3) is 0.333. The predicted molar refractivity (Wildman–Crippen MR) is 77.6 cm³/mol. The molecule has 2 nitrogen and oxygen atoms in total. The van der Waals surface area contributed by atoms with E-state index in [2.05, 4.69) is 35.8 Å². The van der Waals surface area contributed by atoms with Crippen LogP contribution in [0.1, 0.15) is 29.0 Å². The molecule has 0 radical (unpaired) electrons. The van der Waals surface area contributed by atoms with Crippen molar-refractivity contribution in [2.24, 2.45) is 0 Å². The summed E-state index contributed by atoms with van der Waals surface area (Å²) in [7, 11) is 3.71. The van der Waals surface area contributed by atoms with E-state index in [0.717, 1.165) is 12.2 Å². The van der Waals surface area contributed by atoms with Crippen molar-refractivity contribution >= 4 is 11.3 Å². The molecule has 0 aliphatic heterocycles. The summed E-state index contributed by atoms with van der Waals surface area (Å²) in [6.07, 6.45) is 1.07. The maximum Gasteiger partial charge on any atom is 0.119 e. The first kappa shape index (κ1) is 13.1. The molecule has 0 amide bonds. The van der Waals surface area contributed by atoms with Crippen molar-refractivity contribution in [1.82, 2.24) is 5.32 Å². The zero-order chi connectivity index (χ0) is 13.0. The van der Waals surface area contributed by atoms with Crippen LogP contribution in [-0.2, 0) is 6.42 Å². The van der Waals surface area contributed by atoms with E-state index in [0.29, 0.717) is 0 Å². The van der Waals surface area contributed by atoms with Crippen molar-refractivity contribution in [1.29, 1.82) is 0 Å². The van der Waals surface area contributed by atoms with E-state index in [1.165, 1.54) is 16.0 Å². The van der Waals surface area contributed by atoms with Gasteiger partial charge in [-0.3, -0.25) is 0 Å². The molecule has 2 rings (SSSR count). The molecule has 1 atom stereocenters. The summed E-state index contributed by atoms with van der Waals surface area (Å²) in [6, 6.07) is 10.7. The van der Waals surface area contributed by atoms with E-state index in [1.54, 1.807) is 7.11 Å². The molecule has 0 aliphatic carbocycles. The Labute approximate surface area is 113 Å². The third-order valence-corrected chi connectivity index (χ3v) is 4.16. The Morgan fingerprint density at radius 2 is 2.17 bits per heavy atom. The minimum absolute atomic E-state index is 0.245. The zero-order valence-electron chi connectivity index (χ0n) is 11.1. The van der Waals surface area contributed by atoms with Gasteiger partial charge in [-0.15, -0.1) is 11.3 Å². The number of hydrogen-bond acceptors (Lipinski definition) is 3. The minimum Gasteiger partial charge on any atom is -0.497 e. The molecule has 1 N–H and O–H groups in total. The lowest BCUT2D eigenvalue weighted by molar-refractivity contribution is 0.414. The molecule has 1 unspecified atom stereocenters. The average Bonchev–Trinajstić information content (AvgIpc) is 2.88. The van der Waals surface area contributed by atoms with Crippen LogP contribution in [0.2, 0.25) is 0 Å². The first-order chi connectivity index (χ1) is 8.80. The number of hydrogen-bond donors (Lipinski definition) is 1. The summed E-state index contributed by atoms with van der Waals surface area (Å²) in [5.74, 6) is 0.905. The van der Waals surface area contributed by atoms with Crippen LogP contribution < -0.4 is 10.1 Å². The molecule has 0 fully saturated rings. The van der Waals surface area contributed by atoms with E-state index in [9.17, 15) is 0 Å². The Balaban J connectivity index is 2.38. The quantitative estimate of drug-likeness (QED) is 0.887. The minimum atomic E-state index is 0.245. The van der Waals surface area contributed by atoms with E-state index in [-0.39, 0.29) is 6.04 Å². The zero-order valence-corrected chi connectivity index (χ0v) is 11.9. The standard InChI is InChI=1S/C15H19NOS/c1-4-11-8-9-18-15(11)14(16-2)12-6-5-7-13(10-12)17-3/h5-10,14,16H,4H2,1-3H3. The van der Waals surface area contributed by atoms with Crippen molar-refractivity contribution < 1.29 is 4.74 Å². The topological polar surface area (TPSA) is 21.3 Å². The van der Waals surface area contributed by atoms with E-state index in [4.69, 9.17) is 4.74 Å². The van der Waals surface area contributed by atoms with Crippen LogP contribution in [0.15, 0.2) is 35.7 Å². The Bertz CT molecular complexity index is 507. The fourth-order valence-corrected chi connectivity index (χ4v) is 3.30. The van der Waals surface area contributed by atoms with Crippen molar-refractivity contribution in [2.75, 3.05) is 14.2 Å². The van der Waals surface area contributed by atoms with Gasteiger partial charge in [0.05, 0.1) is 13.2 Å². The second-order valence-corrected chi connectivity index (χ2v) is 5.11. The summed E-state index contributed by atoms with van der Waals surface area (Å²) in [6.45, 7) is 2.20. The van der Waals surface area contributed by atoms with Gasteiger partial charge in [0, 0.05) is 4.88 Å². The number of aryl methyl sites for hydroxylation is 1. The van der Waals surface area contributed by atoms with Crippen molar-refractivity contribution in [3.8, 4) is 5.75 Å². The predicted octanol–water partition coefficient (Wildman–Crippen LogP) is 3.63. The lowest BCUT2D eigenvalue weighted by atomic mass is 10.0. The molecule has 0 spiro atoms. The number of ether oxygens (including phenoxy) is 1. The van der Waals surface area contributed by atoms with E-state index < -0.39 is 0 Å². The number of benzene rings is 1. The summed E-state index contributed by atoms with van der Waals surface area (Å²) in [4.78, 5) is 1.40. The lowest BCUT2D eigenvalue weighted by Crippen LogP contribution is -2.17. The van der Waals surface area contributed by atoms with Crippen LogP contribution in [0.25, 0.3) is 0 Å². The largest absolute Gasteiger partial charge is 0.497 e. The van der Waals surface area contributed by atoms with Crippen LogP contribution in [0.5, 0.6) is 5.75 Å². The molecule has 96 valence electrons. The van der Waals surface area contributed by atoms with Crippen LogP contribution >= 0.6 is 11.3 Å². The van der Waals surface area contributed by atoms with Gasteiger partial charge in [0.2, 0.25) is 0 Å². The fourth-order valence-electron chi connectivity index (χ4n) is 2.16. The molecular weight excluding hydrogens is 242 g/mol. The van der Waals surface area contributed by atoms with Crippen LogP contribution in [0.3, 0.4) is 0 Å². The van der Waals surface area contributed by atoms with Gasteiger partial charge in [-0.05, 0) is 48.2 Å². The second-order valence-electron chi connectivity index (χ2n) is 4.16. The van der Waals surface area contributed by atoms with Crippen molar-refractivity contribution in [3.05, 3.63) is 51.7 Å². The maximum atomic E-state index is 5.30. The lowest BCUT2D eigenvalue weighted by Gasteiger charge is -2.17. The Morgan fingerprint density at radius 1 is 1.33 bits per heavy atom. The monoisotopic (exact) mass is 261 g/mol. The molecule has 1 aromatic carbocycles. The number of rotatable bonds is 5. The van der Waals surface area contributed by atoms with Crippen LogP contribution in [-0.4, -0.2) is 14.2 Å². The van der Waals surface area contributed by atoms with E-state index >= 15 is 0 Å². The van der Waals surface area contributed by atoms with E-state index in [1.807, 2.05) is 30.5 Å². The second kappa shape index (κ2) is 6.03. The van der Waals surface area contributed by atoms with Gasteiger partial charge >= 0.3 is 0 Å². The van der Waals surface area contributed by atoms with Gasteiger partial charge < -0.3 is 10.1 Å². The van der Waals surface area contributed by atoms with Crippen LogP contribution in [0.4, 0.5) is 0 Å². The molecule has 0 aliphatic rings. The van der Waals surface area contributed by atoms with Crippen LogP contribution in [0, 0.1) is 0 Å². The first-order valence-corrected chi connectivity index (χ1v) is 7.05. The maximum absolute atomic E-state index is 5.30. The molecular formula is C15H19NOS. The average molecular weight is 261 g/mol. The SMILES string of the molecule is CCc1ccsc1C(NC)c1cccc(OC)c1. The van der Waals surface area contributed by atoms with Gasteiger partial charge in [-0.1, -0.05) is 19.1 Å². The number of nitrogens with one attached hydrogen (secondary N) is 1. The normalized spacial score (nSPS) is 12.4. The number of methoxy groups -OCH3 is 1. The highest BCUT2D eigenvalue weighted by Crippen LogP contribution is 2.31. The van der Waals surface area contributed by atoms with Gasteiger partial charge in [0.25, 0.3) is 0 Å². The molecule has 0 bridgehead atoms. The Hall–Kier alpha value is -1.32. The smallest absolute Gasteiger partial charge is 0.119 e. The molecule has 3 heteroatoms. The molecule has 2 aromatic rings. The highest BCUT2D eigenvalue weighted by Gasteiger charge is 2.16. The first-order valence-electron chi connectivity index (χ1n) is 6.17. The molecule has 0 saturated carbocycles. The molecule has 1 aromatic heterocycles. The Morgan fingerprint density at radius 3 is 2.83 bits per heavy atom. The Kier molecular flexibility index (Phi) is 4.39. The summed E-state index contributed by atoms with van der Waals surface area (Å²) in [5.41, 5.74) is 2.66. The summed E-state index contributed by atoms with van der Waals surface area (Å²) >= 11 is 1.81. The highest BCUT2D eigenvalue weighted by atomic mass is 32.1. The third-order valence-electron chi connectivity index (χ3n) is 3.14. The van der Waals surface area contributed by atoms with Gasteiger partial charge in [0.1, 0.15) is 5.75 Å². The van der Waals surface area contributed by atoms with Gasteiger partial charge in [-0.2, -0.15) is 0 Å².